The number of thioether (sulfide) groups is 1. The molecule has 1 amide bonds. The molecule has 1 aromatic carbocycles. The van der Waals surface area contributed by atoms with E-state index in [0.717, 1.165) is 61.8 Å². The van der Waals surface area contributed by atoms with Gasteiger partial charge >= 0.3 is 0 Å². The number of hydrogen-bond acceptors (Lipinski definition) is 6. The molecule has 1 aliphatic carbocycles. The van der Waals surface area contributed by atoms with E-state index >= 15 is 0 Å². The number of amides is 1. The van der Waals surface area contributed by atoms with Crippen LogP contribution in [0.25, 0.3) is 15.9 Å². The highest BCUT2D eigenvalue weighted by Crippen LogP contribution is 2.35. The number of aromatic nitrogens is 2. The van der Waals surface area contributed by atoms with Gasteiger partial charge in [0.1, 0.15) is 10.6 Å². The number of benzene rings is 1. The van der Waals surface area contributed by atoms with Gasteiger partial charge in [0.2, 0.25) is 5.91 Å². The Morgan fingerprint density at radius 3 is 2.82 bits per heavy atom. The number of methoxy groups -OCH3 is 1. The van der Waals surface area contributed by atoms with E-state index in [1.54, 1.807) is 23.0 Å². The molecule has 2 aliphatic rings. The van der Waals surface area contributed by atoms with E-state index < -0.39 is 0 Å². The third-order valence-corrected chi connectivity index (χ3v) is 8.84. The maximum Gasteiger partial charge on any atom is 0.267 e. The van der Waals surface area contributed by atoms with Crippen molar-refractivity contribution in [2.45, 2.75) is 50.6 Å². The molecule has 0 atom stereocenters. The normalized spacial score (nSPS) is 16.7. The number of thiophene rings is 1. The smallest absolute Gasteiger partial charge is 0.267 e. The average Bonchev–Trinajstić information content (AvgIpc) is 3.21. The van der Waals surface area contributed by atoms with Crippen LogP contribution in [0.2, 0.25) is 0 Å². The van der Waals surface area contributed by atoms with E-state index in [0.29, 0.717) is 22.5 Å². The fraction of sp³-hybridized carbons (Fsp3) is 0.480. The molecular weight excluding hydrogens is 454 g/mol. The van der Waals surface area contributed by atoms with Crippen molar-refractivity contribution in [2.24, 2.45) is 5.92 Å². The lowest BCUT2D eigenvalue weighted by molar-refractivity contribution is -0.129. The van der Waals surface area contributed by atoms with E-state index in [-0.39, 0.29) is 17.2 Å². The number of hydrogen-bond donors (Lipinski definition) is 0. The van der Waals surface area contributed by atoms with Crippen LogP contribution in [0.15, 0.2) is 34.2 Å². The predicted octanol–water partition coefficient (Wildman–Crippen LogP) is 4.69. The molecule has 3 heterocycles. The Balaban J connectivity index is 1.54. The average molecular weight is 484 g/mol. The van der Waals surface area contributed by atoms with Gasteiger partial charge in [0.05, 0.1) is 23.9 Å². The van der Waals surface area contributed by atoms with Crippen LogP contribution < -0.4 is 10.3 Å². The number of nitrogens with zero attached hydrogens (tertiary/aromatic N) is 3. The zero-order valence-corrected chi connectivity index (χ0v) is 20.8. The summed E-state index contributed by atoms with van der Waals surface area (Å²) < 4.78 is 7.07. The maximum atomic E-state index is 13.8. The van der Waals surface area contributed by atoms with Crippen molar-refractivity contribution >= 4 is 39.2 Å². The van der Waals surface area contributed by atoms with Gasteiger partial charge < -0.3 is 9.64 Å². The van der Waals surface area contributed by atoms with Gasteiger partial charge in [-0.25, -0.2) is 4.98 Å². The van der Waals surface area contributed by atoms with Gasteiger partial charge in [-0.15, -0.1) is 11.3 Å². The van der Waals surface area contributed by atoms with Gasteiger partial charge in [0.15, 0.2) is 5.16 Å². The van der Waals surface area contributed by atoms with Crippen molar-refractivity contribution in [1.82, 2.24) is 14.5 Å². The number of fused-ring (bicyclic) bond motifs is 3. The number of piperidine rings is 1. The van der Waals surface area contributed by atoms with E-state index in [2.05, 4.69) is 6.92 Å². The summed E-state index contributed by atoms with van der Waals surface area (Å²) >= 11 is 3.00. The van der Waals surface area contributed by atoms with Crippen molar-refractivity contribution in [2.75, 3.05) is 26.0 Å². The molecule has 2 aromatic heterocycles. The van der Waals surface area contributed by atoms with Crippen molar-refractivity contribution in [3.8, 4) is 11.4 Å². The molecule has 0 bridgehead atoms. The summed E-state index contributed by atoms with van der Waals surface area (Å²) in [5.41, 5.74) is 1.84. The molecule has 5 rings (SSSR count). The Morgan fingerprint density at radius 1 is 1.24 bits per heavy atom. The molecule has 8 heteroatoms. The number of ether oxygens (including phenoxy) is 1. The molecule has 0 saturated carbocycles. The molecule has 0 unspecified atom stereocenters. The number of rotatable bonds is 5. The third-order valence-electron chi connectivity index (χ3n) is 6.73. The van der Waals surface area contributed by atoms with Crippen LogP contribution in [0.3, 0.4) is 0 Å². The quantitative estimate of drug-likeness (QED) is 0.389. The topological polar surface area (TPSA) is 64.4 Å². The fourth-order valence-corrected chi connectivity index (χ4v) is 6.95. The number of aryl methyl sites for hydroxylation is 2. The third kappa shape index (κ3) is 4.43. The van der Waals surface area contributed by atoms with E-state index in [1.807, 2.05) is 29.2 Å². The SMILES string of the molecule is COc1cccc(-n2c(SCC(=O)N3CCC(C)CC3)nc3sc4c(c3c2=O)CCCC4)c1. The Morgan fingerprint density at radius 2 is 2.03 bits per heavy atom. The minimum Gasteiger partial charge on any atom is -0.497 e. The highest BCUT2D eigenvalue weighted by Gasteiger charge is 2.25. The number of carbonyl (C=O) groups excluding carboxylic acids is 1. The zero-order valence-electron chi connectivity index (χ0n) is 19.1. The maximum absolute atomic E-state index is 13.8. The molecule has 6 nitrogen and oxygen atoms in total. The molecule has 33 heavy (non-hydrogen) atoms. The summed E-state index contributed by atoms with van der Waals surface area (Å²) in [5.74, 6) is 1.75. The lowest BCUT2D eigenvalue weighted by atomic mass is 9.97. The summed E-state index contributed by atoms with van der Waals surface area (Å²) in [5, 5.41) is 1.32. The Kier molecular flexibility index (Phi) is 6.47. The standard InChI is InChI=1S/C25H29N3O3S2/c1-16-10-12-27(13-11-16)21(29)15-32-25-26-23-22(19-8-3-4-9-20(19)33-23)24(30)28(25)17-6-5-7-18(14-17)31-2/h5-7,14,16H,3-4,8-13,15H2,1-2H3. The lowest BCUT2D eigenvalue weighted by Gasteiger charge is -2.30. The first-order valence-electron chi connectivity index (χ1n) is 11.7. The first kappa shape index (κ1) is 22.5. The molecule has 0 N–H and O–H groups in total. The van der Waals surface area contributed by atoms with Crippen molar-refractivity contribution < 1.29 is 9.53 Å². The molecule has 1 saturated heterocycles. The summed E-state index contributed by atoms with van der Waals surface area (Å²) in [7, 11) is 1.62. The van der Waals surface area contributed by atoms with E-state index in [4.69, 9.17) is 9.72 Å². The molecule has 0 spiro atoms. The molecule has 0 radical (unpaired) electrons. The Labute approximate surface area is 202 Å². The van der Waals surface area contributed by atoms with Gasteiger partial charge in [0.25, 0.3) is 5.56 Å². The number of carbonyl (C=O) groups is 1. The molecule has 1 aliphatic heterocycles. The van der Waals surface area contributed by atoms with Crippen molar-refractivity contribution in [3.05, 3.63) is 45.1 Å². The van der Waals surface area contributed by atoms with Gasteiger partial charge in [0, 0.05) is 24.0 Å². The summed E-state index contributed by atoms with van der Waals surface area (Å²) in [4.78, 5) is 35.7. The summed E-state index contributed by atoms with van der Waals surface area (Å²) in [6.45, 7) is 3.86. The Hall–Kier alpha value is -2.32. The van der Waals surface area contributed by atoms with Crippen LogP contribution in [0.1, 0.15) is 43.0 Å². The largest absolute Gasteiger partial charge is 0.497 e. The fourth-order valence-electron chi connectivity index (χ4n) is 4.74. The van der Waals surface area contributed by atoms with Crippen LogP contribution in [0.5, 0.6) is 5.75 Å². The highest BCUT2D eigenvalue weighted by atomic mass is 32.2. The predicted molar refractivity (Wildman–Crippen MR) is 134 cm³/mol. The van der Waals surface area contributed by atoms with E-state index in [9.17, 15) is 9.59 Å². The van der Waals surface area contributed by atoms with Crippen LogP contribution in [-0.4, -0.2) is 46.3 Å². The minimum atomic E-state index is -0.0469. The van der Waals surface area contributed by atoms with Gasteiger partial charge in [-0.1, -0.05) is 24.8 Å². The van der Waals surface area contributed by atoms with Crippen LogP contribution in [-0.2, 0) is 17.6 Å². The van der Waals surface area contributed by atoms with Crippen LogP contribution in [0.4, 0.5) is 0 Å². The van der Waals surface area contributed by atoms with Crippen molar-refractivity contribution in [1.29, 1.82) is 0 Å². The van der Waals surface area contributed by atoms with Gasteiger partial charge in [-0.05, 0) is 62.1 Å². The molecule has 1 fully saturated rings. The second kappa shape index (κ2) is 9.50. The molecule has 3 aromatic rings. The minimum absolute atomic E-state index is 0.0469. The van der Waals surface area contributed by atoms with Gasteiger partial charge in [-0.3, -0.25) is 14.2 Å². The monoisotopic (exact) mass is 483 g/mol. The lowest BCUT2D eigenvalue weighted by Crippen LogP contribution is -2.39. The van der Waals surface area contributed by atoms with Crippen LogP contribution >= 0.6 is 23.1 Å². The van der Waals surface area contributed by atoms with Gasteiger partial charge in [-0.2, -0.15) is 0 Å². The molecular formula is C25H29N3O3S2. The highest BCUT2D eigenvalue weighted by molar-refractivity contribution is 7.99. The second-order valence-electron chi connectivity index (χ2n) is 8.98. The molecule has 174 valence electrons. The summed E-state index contributed by atoms with van der Waals surface area (Å²) in [6.07, 6.45) is 6.32. The zero-order chi connectivity index (χ0) is 22.9. The first-order valence-corrected chi connectivity index (χ1v) is 13.5. The number of likely N-dealkylation sites (tertiary alicyclic amines) is 1. The Bertz CT molecular complexity index is 1240. The second-order valence-corrected chi connectivity index (χ2v) is 11.0. The van der Waals surface area contributed by atoms with E-state index in [1.165, 1.54) is 22.2 Å². The summed E-state index contributed by atoms with van der Waals surface area (Å²) in [6, 6.07) is 7.49. The van der Waals surface area contributed by atoms with Crippen molar-refractivity contribution in [3.63, 3.8) is 0 Å². The first-order chi connectivity index (χ1) is 16.0. The van der Waals surface area contributed by atoms with Crippen LogP contribution in [0, 0.1) is 5.92 Å².